The van der Waals surface area contributed by atoms with Crippen molar-refractivity contribution in [3.8, 4) is 0 Å². The standard InChI is InChI=1S/C15H26N2/c1-5-10-16-12-14-11-13(4)8-9-15(14)17(6-2)7-3/h8-9,11,16H,5-7,10,12H2,1-4H3. The van der Waals surface area contributed by atoms with Crippen molar-refractivity contribution in [3.63, 3.8) is 0 Å². The minimum atomic E-state index is 0.974. The van der Waals surface area contributed by atoms with E-state index in [1.807, 2.05) is 0 Å². The topological polar surface area (TPSA) is 15.3 Å². The number of hydrogen-bond acceptors (Lipinski definition) is 2. The van der Waals surface area contributed by atoms with Gasteiger partial charge in [-0.15, -0.1) is 0 Å². The Morgan fingerprint density at radius 2 is 1.82 bits per heavy atom. The number of benzene rings is 1. The monoisotopic (exact) mass is 234 g/mol. The maximum Gasteiger partial charge on any atom is 0.0411 e. The van der Waals surface area contributed by atoms with E-state index < -0.39 is 0 Å². The molecule has 1 N–H and O–H groups in total. The SMILES string of the molecule is CCCNCc1cc(C)ccc1N(CC)CC. The molecule has 0 aromatic heterocycles. The summed E-state index contributed by atoms with van der Waals surface area (Å²) in [4.78, 5) is 2.42. The Balaban J connectivity index is 2.86. The van der Waals surface area contributed by atoms with E-state index in [2.05, 4.69) is 56.1 Å². The normalized spacial score (nSPS) is 10.6. The molecule has 0 radical (unpaired) electrons. The zero-order chi connectivity index (χ0) is 12.7. The van der Waals surface area contributed by atoms with Crippen LogP contribution in [0.4, 0.5) is 5.69 Å². The molecule has 0 saturated carbocycles. The van der Waals surface area contributed by atoms with Crippen molar-refractivity contribution in [2.24, 2.45) is 0 Å². The summed E-state index contributed by atoms with van der Waals surface area (Å²) in [6.07, 6.45) is 1.19. The lowest BCUT2D eigenvalue weighted by atomic mass is 10.1. The van der Waals surface area contributed by atoms with Crippen LogP contribution < -0.4 is 10.2 Å². The first-order valence-corrected chi connectivity index (χ1v) is 6.78. The van der Waals surface area contributed by atoms with Gasteiger partial charge in [-0.25, -0.2) is 0 Å². The second kappa shape index (κ2) is 7.33. The van der Waals surface area contributed by atoms with Gasteiger partial charge in [-0.05, 0) is 45.4 Å². The molecule has 0 saturated heterocycles. The molecule has 0 aliphatic heterocycles. The maximum atomic E-state index is 3.50. The molecule has 2 heteroatoms. The van der Waals surface area contributed by atoms with Crippen LogP contribution in [0.25, 0.3) is 0 Å². The average Bonchev–Trinajstić information content (AvgIpc) is 2.33. The second-order valence-electron chi connectivity index (χ2n) is 4.48. The van der Waals surface area contributed by atoms with Crippen LogP contribution in [0.3, 0.4) is 0 Å². The minimum absolute atomic E-state index is 0.974. The molecule has 0 amide bonds. The van der Waals surface area contributed by atoms with Gasteiger partial charge in [0, 0.05) is 25.3 Å². The van der Waals surface area contributed by atoms with Crippen LogP contribution in [0, 0.1) is 6.92 Å². The lowest BCUT2D eigenvalue weighted by Crippen LogP contribution is -2.25. The van der Waals surface area contributed by atoms with Gasteiger partial charge in [-0.1, -0.05) is 24.6 Å². The molecule has 0 aliphatic rings. The molecule has 1 rings (SSSR count). The fraction of sp³-hybridized carbons (Fsp3) is 0.600. The van der Waals surface area contributed by atoms with Crippen LogP contribution in [0.1, 0.15) is 38.3 Å². The molecule has 0 spiro atoms. The first-order chi connectivity index (χ1) is 8.22. The van der Waals surface area contributed by atoms with Gasteiger partial charge in [0.15, 0.2) is 0 Å². The van der Waals surface area contributed by atoms with Crippen molar-refractivity contribution in [2.75, 3.05) is 24.5 Å². The first kappa shape index (κ1) is 14.0. The van der Waals surface area contributed by atoms with E-state index in [0.29, 0.717) is 0 Å². The Kier molecular flexibility index (Phi) is 6.06. The van der Waals surface area contributed by atoms with E-state index in [9.17, 15) is 0 Å². The molecular formula is C15H26N2. The molecule has 0 aliphatic carbocycles. The summed E-state index contributed by atoms with van der Waals surface area (Å²) in [5, 5.41) is 3.50. The number of anilines is 1. The molecule has 0 bridgehead atoms. The van der Waals surface area contributed by atoms with E-state index in [1.54, 1.807) is 0 Å². The smallest absolute Gasteiger partial charge is 0.0411 e. The molecule has 0 atom stereocenters. The summed E-state index contributed by atoms with van der Waals surface area (Å²) in [5.41, 5.74) is 4.14. The summed E-state index contributed by atoms with van der Waals surface area (Å²) in [6.45, 7) is 13.0. The summed E-state index contributed by atoms with van der Waals surface area (Å²) in [5.74, 6) is 0. The van der Waals surface area contributed by atoms with Crippen molar-refractivity contribution >= 4 is 5.69 Å². The van der Waals surface area contributed by atoms with E-state index in [4.69, 9.17) is 0 Å². The van der Waals surface area contributed by atoms with Gasteiger partial charge in [0.1, 0.15) is 0 Å². The van der Waals surface area contributed by atoms with Crippen molar-refractivity contribution < 1.29 is 0 Å². The highest BCUT2D eigenvalue weighted by atomic mass is 15.1. The van der Waals surface area contributed by atoms with Gasteiger partial charge in [-0.2, -0.15) is 0 Å². The van der Waals surface area contributed by atoms with E-state index in [0.717, 1.165) is 26.2 Å². The lowest BCUT2D eigenvalue weighted by Gasteiger charge is -2.24. The van der Waals surface area contributed by atoms with Crippen molar-refractivity contribution in [2.45, 2.75) is 40.7 Å². The summed E-state index contributed by atoms with van der Waals surface area (Å²) >= 11 is 0. The van der Waals surface area contributed by atoms with E-state index in [1.165, 1.54) is 23.2 Å². The van der Waals surface area contributed by atoms with Crippen molar-refractivity contribution in [3.05, 3.63) is 29.3 Å². The van der Waals surface area contributed by atoms with Gasteiger partial charge in [-0.3, -0.25) is 0 Å². The fourth-order valence-electron chi connectivity index (χ4n) is 2.13. The fourth-order valence-corrected chi connectivity index (χ4v) is 2.13. The molecule has 1 aromatic carbocycles. The molecule has 17 heavy (non-hydrogen) atoms. The maximum absolute atomic E-state index is 3.50. The number of rotatable bonds is 7. The largest absolute Gasteiger partial charge is 0.372 e. The second-order valence-corrected chi connectivity index (χ2v) is 4.48. The van der Waals surface area contributed by atoms with Crippen LogP contribution in [-0.2, 0) is 6.54 Å². The molecule has 2 nitrogen and oxygen atoms in total. The summed E-state index contributed by atoms with van der Waals surface area (Å²) in [7, 11) is 0. The summed E-state index contributed by atoms with van der Waals surface area (Å²) < 4.78 is 0. The van der Waals surface area contributed by atoms with Gasteiger partial charge < -0.3 is 10.2 Å². The van der Waals surface area contributed by atoms with Crippen molar-refractivity contribution in [1.29, 1.82) is 0 Å². The number of nitrogens with one attached hydrogen (secondary N) is 1. The number of aryl methyl sites for hydroxylation is 1. The average molecular weight is 234 g/mol. The van der Waals surface area contributed by atoms with E-state index in [-0.39, 0.29) is 0 Å². The molecular weight excluding hydrogens is 208 g/mol. The Morgan fingerprint density at radius 1 is 1.12 bits per heavy atom. The van der Waals surface area contributed by atoms with Crippen LogP contribution in [0.15, 0.2) is 18.2 Å². The zero-order valence-electron chi connectivity index (χ0n) is 11.7. The Labute approximate surface area is 106 Å². The third-order valence-corrected chi connectivity index (χ3v) is 3.08. The Bertz CT molecular complexity index is 330. The quantitative estimate of drug-likeness (QED) is 0.728. The zero-order valence-corrected chi connectivity index (χ0v) is 11.7. The number of hydrogen-bond donors (Lipinski definition) is 1. The van der Waals surface area contributed by atoms with Crippen LogP contribution >= 0.6 is 0 Å². The molecule has 0 unspecified atom stereocenters. The van der Waals surface area contributed by atoms with Gasteiger partial charge >= 0.3 is 0 Å². The molecule has 0 fully saturated rings. The van der Waals surface area contributed by atoms with Gasteiger partial charge in [0.05, 0.1) is 0 Å². The highest BCUT2D eigenvalue weighted by Crippen LogP contribution is 2.21. The summed E-state index contributed by atoms with van der Waals surface area (Å²) in [6, 6.07) is 6.76. The van der Waals surface area contributed by atoms with Crippen LogP contribution in [-0.4, -0.2) is 19.6 Å². The third-order valence-electron chi connectivity index (χ3n) is 3.08. The molecule has 96 valence electrons. The highest BCUT2D eigenvalue weighted by Gasteiger charge is 2.07. The molecule has 1 aromatic rings. The predicted octanol–water partition coefficient (Wildman–Crippen LogP) is 3.34. The predicted molar refractivity (Wildman–Crippen MR) is 76.7 cm³/mol. The minimum Gasteiger partial charge on any atom is -0.372 e. The Hall–Kier alpha value is -1.02. The Morgan fingerprint density at radius 3 is 2.41 bits per heavy atom. The van der Waals surface area contributed by atoms with Crippen molar-refractivity contribution in [1.82, 2.24) is 5.32 Å². The highest BCUT2D eigenvalue weighted by molar-refractivity contribution is 5.54. The van der Waals surface area contributed by atoms with Gasteiger partial charge in [0.25, 0.3) is 0 Å². The van der Waals surface area contributed by atoms with Gasteiger partial charge in [0.2, 0.25) is 0 Å². The van der Waals surface area contributed by atoms with Crippen LogP contribution in [0.5, 0.6) is 0 Å². The molecule has 0 heterocycles. The van der Waals surface area contributed by atoms with Crippen LogP contribution in [0.2, 0.25) is 0 Å². The third kappa shape index (κ3) is 4.04. The van der Waals surface area contributed by atoms with E-state index >= 15 is 0 Å². The number of nitrogens with zero attached hydrogens (tertiary/aromatic N) is 1. The lowest BCUT2D eigenvalue weighted by molar-refractivity contribution is 0.672. The first-order valence-electron chi connectivity index (χ1n) is 6.78.